The normalized spacial score (nSPS) is 10.8. The molecule has 28 heavy (non-hydrogen) atoms. The maximum Gasteiger partial charge on any atom is 0.232 e. The van der Waals surface area contributed by atoms with Crippen LogP contribution in [0.15, 0.2) is 55.0 Å². The van der Waals surface area contributed by atoms with Crippen molar-refractivity contribution in [2.75, 3.05) is 6.61 Å². The highest BCUT2D eigenvalue weighted by molar-refractivity contribution is 5.64. The number of unbranched alkanes of at least 4 members (excludes halogenated alkanes) is 5. The monoisotopic (exact) mass is 377 g/mol. The van der Waals surface area contributed by atoms with E-state index >= 15 is 0 Å². The molecule has 0 aliphatic heterocycles. The number of rotatable bonds is 10. The first-order valence-corrected chi connectivity index (χ1v) is 9.97. The lowest BCUT2D eigenvalue weighted by molar-refractivity contribution is 0.292. The van der Waals surface area contributed by atoms with Gasteiger partial charge in [-0.15, -0.1) is 0 Å². The summed E-state index contributed by atoms with van der Waals surface area (Å²) in [7, 11) is 0. The molecule has 146 valence electrons. The van der Waals surface area contributed by atoms with Gasteiger partial charge in [0.2, 0.25) is 5.88 Å². The van der Waals surface area contributed by atoms with Crippen LogP contribution in [0.5, 0.6) is 11.6 Å². The van der Waals surface area contributed by atoms with Gasteiger partial charge in [0.1, 0.15) is 5.75 Å². The van der Waals surface area contributed by atoms with Crippen LogP contribution in [0.25, 0.3) is 22.5 Å². The highest BCUT2D eigenvalue weighted by Crippen LogP contribution is 2.23. The zero-order valence-electron chi connectivity index (χ0n) is 16.3. The van der Waals surface area contributed by atoms with Crippen LogP contribution in [0.1, 0.15) is 45.4 Å². The van der Waals surface area contributed by atoms with Crippen molar-refractivity contribution in [3.05, 3.63) is 55.0 Å². The van der Waals surface area contributed by atoms with Gasteiger partial charge in [0.25, 0.3) is 0 Å². The van der Waals surface area contributed by atoms with Crippen LogP contribution in [-0.4, -0.2) is 26.7 Å². The van der Waals surface area contributed by atoms with E-state index in [0.717, 1.165) is 28.9 Å². The summed E-state index contributed by atoms with van der Waals surface area (Å²) in [4.78, 5) is 13.3. The Morgan fingerprint density at radius 1 is 0.714 bits per heavy atom. The Labute approximate surface area is 166 Å². The number of phenolic OH excluding ortho intramolecular Hbond substituents is 1. The molecule has 0 aliphatic rings. The van der Waals surface area contributed by atoms with Gasteiger partial charge in [-0.25, -0.2) is 9.97 Å². The van der Waals surface area contributed by atoms with Gasteiger partial charge in [-0.1, -0.05) is 39.0 Å². The number of ether oxygens (including phenoxy) is 1. The topological polar surface area (TPSA) is 68.1 Å². The lowest BCUT2D eigenvalue weighted by Crippen LogP contribution is -2.00. The van der Waals surface area contributed by atoms with Gasteiger partial charge in [-0.3, -0.25) is 4.98 Å². The standard InChI is InChI=1S/C23H27N3O2/c1-2-3-4-5-6-7-14-28-23-17-25-22(16-26-23)19-10-13-21(24-15-19)18-8-11-20(27)12-9-18/h8-13,15-17,27H,2-7,14H2,1H3. The molecule has 0 unspecified atom stereocenters. The summed E-state index contributed by atoms with van der Waals surface area (Å²) in [6, 6.07) is 10.9. The smallest absolute Gasteiger partial charge is 0.232 e. The highest BCUT2D eigenvalue weighted by Gasteiger charge is 2.05. The van der Waals surface area contributed by atoms with Crippen LogP contribution in [0.2, 0.25) is 0 Å². The molecule has 2 heterocycles. The van der Waals surface area contributed by atoms with Gasteiger partial charge in [0.15, 0.2) is 0 Å². The minimum atomic E-state index is 0.245. The van der Waals surface area contributed by atoms with Gasteiger partial charge in [0.05, 0.1) is 30.4 Å². The molecule has 0 aliphatic carbocycles. The molecular formula is C23H27N3O2. The van der Waals surface area contributed by atoms with Gasteiger partial charge < -0.3 is 9.84 Å². The van der Waals surface area contributed by atoms with Crippen LogP contribution in [-0.2, 0) is 0 Å². The van der Waals surface area contributed by atoms with Crippen molar-refractivity contribution in [3.8, 4) is 34.1 Å². The number of benzene rings is 1. The quantitative estimate of drug-likeness (QED) is 0.462. The number of aromatic nitrogens is 3. The highest BCUT2D eigenvalue weighted by atomic mass is 16.5. The van der Waals surface area contributed by atoms with Crippen LogP contribution < -0.4 is 4.74 Å². The molecule has 0 fully saturated rings. The van der Waals surface area contributed by atoms with Gasteiger partial charge in [-0.05, 0) is 42.8 Å². The number of pyridine rings is 1. The largest absolute Gasteiger partial charge is 0.508 e. The van der Waals surface area contributed by atoms with Crippen LogP contribution in [0.4, 0.5) is 0 Å². The van der Waals surface area contributed by atoms with E-state index in [0.29, 0.717) is 12.5 Å². The SMILES string of the molecule is CCCCCCCCOc1cnc(-c2ccc(-c3ccc(O)cc3)nc2)cn1. The van der Waals surface area contributed by atoms with E-state index in [9.17, 15) is 5.11 Å². The zero-order chi connectivity index (χ0) is 19.6. The first-order valence-electron chi connectivity index (χ1n) is 9.97. The average Bonchev–Trinajstić information content (AvgIpc) is 2.74. The summed E-state index contributed by atoms with van der Waals surface area (Å²) in [5.41, 5.74) is 3.46. The second-order valence-electron chi connectivity index (χ2n) is 6.84. The third-order valence-corrected chi connectivity index (χ3v) is 4.60. The van der Waals surface area contributed by atoms with Crippen LogP contribution in [0, 0.1) is 0 Å². The summed E-state index contributed by atoms with van der Waals surface area (Å²) < 4.78 is 5.68. The van der Waals surface area contributed by atoms with Crippen molar-refractivity contribution in [2.45, 2.75) is 45.4 Å². The minimum absolute atomic E-state index is 0.245. The van der Waals surface area contributed by atoms with E-state index in [1.807, 2.05) is 24.3 Å². The Bertz CT molecular complexity index is 831. The van der Waals surface area contributed by atoms with Crippen LogP contribution >= 0.6 is 0 Å². The Hall–Kier alpha value is -2.95. The van der Waals surface area contributed by atoms with Crippen molar-refractivity contribution in [3.63, 3.8) is 0 Å². The molecule has 0 amide bonds. The summed E-state index contributed by atoms with van der Waals surface area (Å²) >= 11 is 0. The Kier molecular flexibility index (Phi) is 7.36. The molecule has 0 atom stereocenters. The molecule has 2 aromatic heterocycles. The molecule has 0 radical (unpaired) electrons. The molecule has 0 saturated heterocycles. The fourth-order valence-electron chi connectivity index (χ4n) is 2.95. The minimum Gasteiger partial charge on any atom is -0.508 e. The van der Waals surface area contributed by atoms with E-state index in [4.69, 9.17) is 4.74 Å². The molecule has 1 aromatic carbocycles. The predicted octanol–water partition coefficient (Wildman–Crippen LogP) is 5.65. The van der Waals surface area contributed by atoms with Gasteiger partial charge in [-0.2, -0.15) is 0 Å². The van der Waals surface area contributed by atoms with Crippen molar-refractivity contribution >= 4 is 0 Å². The van der Waals surface area contributed by atoms with Crippen molar-refractivity contribution < 1.29 is 9.84 Å². The summed E-state index contributed by atoms with van der Waals surface area (Å²) in [5.74, 6) is 0.806. The Morgan fingerprint density at radius 2 is 1.43 bits per heavy atom. The first-order chi connectivity index (χ1) is 13.8. The molecule has 0 bridgehead atoms. The molecule has 5 nitrogen and oxygen atoms in total. The van der Waals surface area contributed by atoms with E-state index in [1.54, 1.807) is 30.7 Å². The van der Waals surface area contributed by atoms with Crippen molar-refractivity contribution in [1.29, 1.82) is 0 Å². The second-order valence-corrected chi connectivity index (χ2v) is 6.84. The summed E-state index contributed by atoms with van der Waals surface area (Å²) in [5, 5.41) is 9.38. The molecule has 0 spiro atoms. The fourth-order valence-corrected chi connectivity index (χ4v) is 2.95. The van der Waals surface area contributed by atoms with Gasteiger partial charge >= 0.3 is 0 Å². The average molecular weight is 377 g/mol. The number of hydrogen-bond acceptors (Lipinski definition) is 5. The zero-order valence-corrected chi connectivity index (χ0v) is 16.3. The number of phenols is 1. The summed E-state index contributed by atoms with van der Waals surface area (Å²) in [6.45, 7) is 2.91. The fraction of sp³-hybridized carbons (Fsp3) is 0.348. The Balaban J connectivity index is 1.51. The third kappa shape index (κ3) is 5.78. The van der Waals surface area contributed by atoms with E-state index in [-0.39, 0.29) is 5.75 Å². The van der Waals surface area contributed by atoms with E-state index in [1.165, 1.54) is 32.1 Å². The molecule has 0 saturated carbocycles. The van der Waals surface area contributed by atoms with Crippen molar-refractivity contribution in [1.82, 2.24) is 15.0 Å². The Morgan fingerprint density at radius 3 is 2.11 bits per heavy atom. The lowest BCUT2D eigenvalue weighted by Gasteiger charge is -2.06. The summed E-state index contributed by atoms with van der Waals surface area (Å²) in [6.07, 6.45) is 12.6. The van der Waals surface area contributed by atoms with Crippen LogP contribution in [0.3, 0.4) is 0 Å². The maximum atomic E-state index is 9.38. The third-order valence-electron chi connectivity index (χ3n) is 4.60. The molecule has 5 heteroatoms. The number of nitrogens with zero attached hydrogens (tertiary/aromatic N) is 3. The first kappa shape index (κ1) is 19.8. The van der Waals surface area contributed by atoms with E-state index < -0.39 is 0 Å². The predicted molar refractivity (Wildman–Crippen MR) is 111 cm³/mol. The molecular weight excluding hydrogens is 350 g/mol. The maximum absolute atomic E-state index is 9.38. The molecule has 3 rings (SSSR count). The van der Waals surface area contributed by atoms with Gasteiger partial charge in [0, 0.05) is 17.3 Å². The molecule has 1 N–H and O–H groups in total. The number of aromatic hydroxyl groups is 1. The molecule has 3 aromatic rings. The number of hydrogen-bond donors (Lipinski definition) is 1. The van der Waals surface area contributed by atoms with Crippen molar-refractivity contribution in [2.24, 2.45) is 0 Å². The van der Waals surface area contributed by atoms with E-state index in [2.05, 4.69) is 21.9 Å². The second kappa shape index (κ2) is 10.4. The lowest BCUT2D eigenvalue weighted by atomic mass is 10.1.